The van der Waals surface area contributed by atoms with Crippen LogP contribution in [0.15, 0.2) is 30.3 Å². The van der Waals surface area contributed by atoms with Crippen molar-refractivity contribution < 1.29 is 13.2 Å². The zero-order valence-corrected chi connectivity index (χ0v) is 11.4. The summed E-state index contributed by atoms with van der Waals surface area (Å²) in [6, 6.07) is 6.22. The Balaban J connectivity index is 2.36. The standard InChI is InChI=1S/C16H16F3N/c1-9-4-3-5-10(2)12(9)8-15(20)16-13(18)6-11(17)7-14(16)19/h3-7,15H,8,20H2,1-2H3. The van der Waals surface area contributed by atoms with Crippen LogP contribution in [-0.2, 0) is 6.42 Å². The molecule has 2 aromatic carbocycles. The van der Waals surface area contributed by atoms with Gasteiger partial charge in [0.1, 0.15) is 17.5 Å². The van der Waals surface area contributed by atoms with Crippen molar-refractivity contribution in [3.63, 3.8) is 0 Å². The largest absolute Gasteiger partial charge is 0.323 e. The monoisotopic (exact) mass is 279 g/mol. The van der Waals surface area contributed by atoms with Crippen LogP contribution in [0.5, 0.6) is 0 Å². The first-order valence-electron chi connectivity index (χ1n) is 6.35. The fourth-order valence-corrected chi connectivity index (χ4v) is 2.40. The van der Waals surface area contributed by atoms with Crippen LogP contribution in [0, 0.1) is 31.3 Å². The fourth-order valence-electron chi connectivity index (χ4n) is 2.40. The van der Waals surface area contributed by atoms with E-state index in [-0.39, 0.29) is 5.56 Å². The van der Waals surface area contributed by atoms with Crippen molar-refractivity contribution in [1.82, 2.24) is 0 Å². The summed E-state index contributed by atoms with van der Waals surface area (Å²) in [6.45, 7) is 3.85. The van der Waals surface area contributed by atoms with E-state index in [9.17, 15) is 13.2 Å². The Bertz CT molecular complexity index is 594. The molecule has 0 saturated carbocycles. The van der Waals surface area contributed by atoms with Gasteiger partial charge < -0.3 is 5.73 Å². The van der Waals surface area contributed by atoms with Crippen LogP contribution >= 0.6 is 0 Å². The highest BCUT2D eigenvalue weighted by Gasteiger charge is 2.19. The summed E-state index contributed by atoms with van der Waals surface area (Å²) < 4.78 is 40.3. The predicted octanol–water partition coefficient (Wildman–Crippen LogP) is 3.96. The molecule has 0 heterocycles. The Kier molecular flexibility index (Phi) is 4.14. The van der Waals surface area contributed by atoms with E-state index in [0.29, 0.717) is 18.6 Å². The molecule has 0 radical (unpaired) electrons. The van der Waals surface area contributed by atoms with Gasteiger partial charge in [-0.2, -0.15) is 0 Å². The van der Waals surface area contributed by atoms with Crippen molar-refractivity contribution in [2.45, 2.75) is 26.3 Å². The van der Waals surface area contributed by atoms with Crippen LogP contribution in [0.25, 0.3) is 0 Å². The molecule has 0 aromatic heterocycles. The third kappa shape index (κ3) is 2.85. The quantitative estimate of drug-likeness (QED) is 0.904. The summed E-state index contributed by atoms with van der Waals surface area (Å²) in [6.07, 6.45) is 0.304. The van der Waals surface area contributed by atoms with Gasteiger partial charge in [0.05, 0.1) is 0 Å². The van der Waals surface area contributed by atoms with Gasteiger partial charge in [0.25, 0.3) is 0 Å². The molecule has 0 bridgehead atoms. The highest BCUT2D eigenvalue weighted by atomic mass is 19.1. The minimum Gasteiger partial charge on any atom is -0.323 e. The van der Waals surface area contributed by atoms with Crippen molar-refractivity contribution in [3.05, 3.63) is 70.0 Å². The lowest BCUT2D eigenvalue weighted by molar-refractivity contribution is 0.501. The molecule has 0 aliphatic rings. The molecule has 0 spiro atoms. The van der Waals surface area contributed by atoms with Gasteiger partial charge in [-0.05, 0) is 37.0 Å². The van der Waals surface area contributed by atoms with Crippen LogP contribution < -0.4 is 5.73 Å². The molecule has 1 atom stereocenters. The molecule has 4 heteroatoms. The first-order chi connectivity index (χ1) is 9.40. The molecule has 0 saturated heterocycles. The highest BCUT2D eigenvalue weighted by molar-refractivity contribution is 5.36. The first kappa shape index (κ1) is 14.6. The summed E-state index contributed by atoms with van der Waals surface area (Å²) >= 11 is 0. The molecule has 20 heavy (non-hydrogen) atoms. The molecule has 2 N–H and O–H groups in total. The second kappa shape index (κ2) is 5.67. The van der Waals surface area contributed by atoms with Crippen LogP contribution in [-0.4, -0.2) is 0 Å². The van der Waals surface area contributed by atoms with E-state index in [1.807, 2.05) is 32.0 Å². The lowest BCUT2D eigenvalue weighted by atomic mass is 9.93. The molecule has 0 amide bonds. The zero-order valence-electron chi connectivity index (χ0n) is 11.4. The number of hydrogen-bond acceptors (Lipinski definition) is 1. The van der Waals surface area contributed by atoms with Gasteiger partial charge in [0.2, 0.25) is 0 Å². The van der Waals surface area contributed by atoms with E-state index in [0.717, 1.165) is 16.7 Å². The van der Waals surface area contributed by atoms with Crippen molar-refractivity contribution in [2.24, 2.45) is 5.73 Å². The van der Waals surface area contributed by atoms with E-state index in [2.05, 4.69) is 0 Å². The highest BCUT2D eigenvalue weighted by Crippen LogP contribution is 2.25. The second-order valence-corrected chi connectivity index (χ2v) is 4.96. The van der Waals surface area contributed by atoms with Crippen LogP contribution in [0.1, 0.15) is 28.3 Å². The zero-order chi connectivity index (χ0) is 14.9. The summed E-state index contributed by atoms with van der Waals surface area (Å²) in [5, 5.41) is 0. The summed E-state index contributed by atoms with van der Waals surface area (Å²) in [4.78, 5) is 0. The van der Waals surface area contributed by atoms with E-state index < -0.39 is 23.5 Å². The fraction of sp³-hybridized carbons (Fsp3) is 0.250. The number of rotatable bonds is 3. The summed E-state index contributed by atoms with van der Waals surface area (Å²) in [5.74, 6) is -2.83. The smallest absolute Gasteiger partial charge is 0.133 e. The van der Waals surface area contributed by atoms with E-state index in [4.69, 9.17) is 5.73 Å². The van der Waals surface area contributed by atoms with E-state index >= 15 is 0 Å². The number of benzene rings is 2. The molecule has 1 unspecified atom stereocenters. The normalized spacial score (nSPS) is 12.5. The van der Waals surface area contributed by atoms with Gasteiger partial charge in [0, 0.05) is 23.7 Å². The Hall–Kier alpha value is -1.81. The minimum absolute atomic E-state index is 0.269. The lowest BCUT2D eigenvalue weighted by Crippen LogP contribution is -2.18. The minimum atomic E-state index is -0.943. The molecule has 106 valence electrons. The molecule has 0 fully saturated rings. The lowest BCUT2D eigenvalue weighted by Gasteiger charge is -2.17. The summed E-state index contributed by atoms with van der Waals surface area (Å²) in [5.41, 5.74) is 8.64. The van der Waals surface area contributed by atoms with Gasteiger partial charge in [-0.3, -0.25) is 0 Å². The van der Waals surface area contributed by atoms with E-state index in [1.54, 1.807) is 0 Å². The van der Waals surface area contributed by atoms with Gasteiger partial charge in [-0.25, -0.2) is 13.2 Å². The predicted molar refractivity (Wildman–Crippen MR) is 72.9 cm³/mol. The van der Waals surface area contributed by atoms with E-state index in [1.165, 1.54) is 0 Å². The first-order valence-corrected chi connectivity index (χ1v) is 6.35. The third-order valence-electron chi connectivity index (χ3n) is 3.48. The molecule has 0 aliphatic carbocycles. The van der Waals surface area contributed by atoms with Gasteiger partial charge in [0.15, 0.2) is 0 Å². The van der Waals surface area contributed by atoms with Crippen LogP contribution in [0.3, 0.4) is 0 Å². The Morgan fingerprint density at radius 3 is 2.00 bits per heavy atom. The van der Waals surface area contributed by atoms with Gasteiger partial charge >= 0.3 is 0 Å². The Labute approximate surface area is 116 Å². The molecule has 2 aromatic rings. The number of halogens is 3. The second-order valence-electron chi connectivity index (χ2n) is 4.96. The van der Waals surface area contributed by atoms with Crippen molar-refractivity contribution >= 4 is 0 Å². The van der Waals surface area contributed by atoms with Crippen molar-refractivity contribution in [3.8, 4) is 0 Å². The van der Waals surface area contributed by atoms with Gasteiger partial charge in [-0.15, -0.1) is 0 Å². The maximum Gasteiger partial charge on any atom is 0.133 e. The Morgan fingerprint density at radius 1 is 1.00 bits per heavy atom. The topological polar surface area (TPSA) is 26.0 Å². The maximum absolute atomic E-state index is 13.7. The average molecular weight is 279 g/mol. The number of nitrogens with two attached hydrogens (primary N) is 1. The van der Waals surface area contributed by atoms with Crippen LogP contribution in [0.4, 0.5) is 13.2 Å². The third-order valence-corrected chi connectivity index (χ3v) is 3.48. The average Bonchev–Trinajstić information content (AvgIpc) is 2.32. The van der Waals surface area contributed by atoms with Crippen LogP contribution in [0.2, 0.25) is 0 Å². The molecular weight excluding hydrogens is 263 g/mol. The molecule has 0 aliphatic heterocycles. The summed E-state index contributed by atoms with van der Waals surface area (Å²) in [7, 11) is 0. The maximum atomic E-state index is 13.7. The Morgan fingerprint density at radius 2 is 1.50 bits per heavy atom. The number of hydrogen-bond donors (Lipinski definition) is 1. The molecular formula is C16H16F3N. The van der Waals surface area contributed by atoms with Crippen molar-refractivity contribution in [2.75, 3.05) is 0 Å². The van der Waals surface area contributed by atoms with Crippen molar-refractivity contribution in [1.29, 1.82) is 0 Å². The SMILES string of the molecule is Cc1cccc(C)c1CC(N)c1c(F)cc(F)cc1F. The number of aryl methyl sites for hydroxylation is 2. The molecule has 1 nitrogen and oxygen atoms in total. The van der Waals surface area contributed by atoms with Gasteiger partial charge in [-0.1, -0.05) is 18.2 Å². The molecule has 2 rings (SSSR count).